The van der Waals surface area contributed by atoms with Gasteiger partial charge in [-0.05, 0) is 36.4 Å². The molecule has 2 N–H and O–H groups in total. The summed E-state index contributed by atoms with van der Waals surface area (Å²) in [4.78, 5) is 11.8. The Bertz CT molecular complexity index is 715. The number of nitrogens with one attached hydrogen (secondary N) is 1. The maximum Gasteiger partial charge on any atom is 0.271 e. The average molecular weight is 339 g/mol. The lowest BCUT2D eigenvalue weighted by atomic mass is 10.2. The molecular formula is C15H12Cl2N2O3. The van der Waals surface area contributed by atoms with Gasteiger partial charge in [-0.3, -0.25) is 4.79 Å². The second kappa shape index (κ2) is 7.15. The number of halogens is 2. The molecule has 0 saturated carbocycles. The highest BCUT2D eigenvalue weighted by Gasteiger charge is 2.08. The summed E-state index contributed by atoms with van der Waals surface area (Å²) in [5.74, 6) is 0.0791. The number of hydrogen-bond donors (Lipinski definition) is 2. The van der Waals surface area contributed by atoms with Crippen LogP contribution >= 0.6 is 23.2 Å². The zero-order valence-electron chi connectivity index (χ0n) is 11.5. The Labute approximate surface area is 137 Å². The van der Waals surface area contributed by atoms with E-state index in [1.54, 1.807) is 12.1 Å². The molecular weight excluding hydrogens is 327 g/mol. The maximum atomic E-state index is 11.8. The van der Waals surface area contributed by atoms with Gasteiger partial charge in [0.25, 0.3) is 5.91 Å². The molecule has 0 aliphatic heterocycles. The van der Waals surface area contributed by atoms with Gasteiger partial charge in [0.15, 0.2) is 0 Å². The van der Waals surface area contributed by atoms with Crippen molar-refractivity contribution in [2.45, 2.75) is 0 Å². The topological polar surface area (TPSA) is 70.9 Å². The third kappa shape index (κ3) is 3.90. The van der Waals surface area contributed by atoms with Gasteiger partial charge in [-0.25, -0.2) is 5.43 Å². The second-order valence-electron chi connectivity index (χ2n) is 4.26. The van der Waals surface area contributed by atoms with Crippen molar-refractivity contribution >= 4 is 35.3 Å². The van der Waals surface area contributed by atoms with Crippen LogP contribution < -0.4 is 10.2 Å². The summed E-state index contributed by atoms with van der Waals surface area (Å²) in [5.41, 5.74) is 3.26. The molecule has 2 aromatic rings. The van der Waals surface area contributed by atoms with Crippen LogP contribution in [0.15, 0.2) is 41.5 Å². The van der Waals surface area contributed by atoms with Gasteiger partial charge in [-0.2, -0.15) is 5.10 Å². The molecule has 0 saturated heterocycles. The highest BCUT2D eigenvalue weighted by atomic mass is 35.5. The van der Waals surface area contributed by atoms with Crippen LogP contribution in [0.2, 0.25) is 10.0 Å². The molecule has 0 unspecified atom stereocenters. The number of aromatic hydroxyl groups is 1. The molecule has 0 spiro atoms. The van der Waals surface area contributed by atoms with E-state index >= 15 is 0 Å². The third-order valence-corrected chi connectivity index (χ3v) is 3.24. The summed E-state index contributed by atoms with van der Waals surface area (Å²) in [6, 6.07) is 8.96. The van der Waals surface area contributed by atoms with Gasteiger partial charge in [0, 0.05) is 16.1 Å². The molecule has 0 aliphatic rings. The van der Waals surface area contributed by atoms with E-state index in [0.717, 1.165) is 0 Å². The Kier molecular flexibility index (Phi) is 5.25. The lowest BCUT2D eigenvalue weighted by Gasteiger charge is -2.07. The van der Waals surface area contributed by atoms with E-state index in [-0.39, 0.29) is 5.75 Å². The molecule has 0 heterocycles. The molecule has 22 heavy (non-hydrogen) atoms. The van der Waals surface area contributed by atoms with Crippen LogP contribution in [0, 0.1) is 0 Å². The van der Waals surface area contributed by atoms with E-state index < -0.39 is 5.91 Å². The number of amides is 1. The van der Waals surface area contributed by atoms with Crippen molar-refractivity contribution in [1.29, 1.82) is 0 Å². The number of carbonyl (C=O) groups excluding carboxylic acids is 1. The zero-order valence-corrected chi connectivity index (χ0v) is 13.0. The van der Waals surface area contributed by atoms with Crippen LogP contribution in [0.4, 0.5) is 0 Å². The van der Waals surface area contributed by atoms with Crippen molar-refractivity contribution in [2.24, 2.45) is 5.10 Å². The van der Waals surface area contributed by atoms with Crippen molar-refractivity contribution in [1.82, 2.24) is 5.43 Å². The number of hydrazone groups is 1. The van der Waals surface area contributed by atoms with Gasteiger partial charge in [0.05, 0.1) is 18.3 Å². The van der Waals surface area contributed by atoms with Gasteiger partial charge >= 0.3 is 0 Å². The van der Waals surface area contributed by atoms with E-state index in [4.69, 9.17) is 27.9 Å². The smallest absolute Gasteiger partial charge is 0.271 e. The molecule has 5 nitrogen and oxygen atoms in total. The monoisotopic (exact) mass is 338 g/mol. The predicted molar refractivity (Wildman–Crippen MR) is 86.2 cm³/mol. The largest absolute Gasteiger partial charge is 0.508 e. The first-order valence-electron chi connectivity index (χ1n) is 6.16. The molecule has 7 heteroatoms. The van der Waals surface area contributed by atoms with E-state index in [9.17, 15) is 9.90 Å². The van der Waals surface area contributed by atoms with Crippen LogP contribution in [0.25, 0.3) is 0 Å². The summed E-state index contributed by atoms with van der Waals surface area (Å²) in [5, 5.41) is 13.8. The van der Waals surface area contributed by atoms with Crippen LogP contribution in [0.1, 0.15) is 15.9 Å². The summed E-state index contributed by atoms with van der Waals surface area (Å²) >= 11 is 11.9. The fourth-order valence-electron chi connectivity index (χ4n) is 1.73. The Morgan fingerprint density at radius 2 is 1.95 bits per heavy atom. The number of benzene rings is 2. The van der Waals surface area contributed by atoms with Crippen LogP contribution in [0.5, 0.6) is 11.5 Å². The summed E-state index contributed by atoms with van der Waals surface area (Å²) in [7, 11) is 1.47. The lowest BCUT2D eigenvalue weighted by molar-refractivity contribution is 0.0955. The van der Waals surface area contributed by atoms with Crippen LogP contribution in [-0.4, -0.2) is 24.3 Å². The first kappa shape index (κ1) is 16.1. The summed E-state index contributed by atoms with van der Waals surface area (Å²) in [6.45, 7) is 0. The van der Waals surface area contributed by atoms with Crippen LogP contribution in [-0.2, 0) is 0 Å². The first-order valence-corrected chi connectivity index (χ1v) is 6.92. The number of ether oxygens (including phenoxy) is 1. The van der Waals surface area contributed by atoms with Crippen LogP contribution in [0.3, 0.4) is 0 Å². The predicted octanol–water partition coefficient (Wildman–Crippen LogP) is 3.47. The fourth-order valence-corrected chi connectivity index (χ4v) is 2.32. The van der Waals surface area contributed by atoms with Crippen molar-refractivity contribution in [3.05, 3.63) is 57.6 Å². The molecule has 0 aliphatic carbocycles. The quantitative estimate of drug-likeness (QED) is 0.662. The Hall–Kier alpha value is -2.24. The molecule has 0 aromatic heterocycles. The molecule has 114 valence electrons. The number of phenolic OH excluding ortho intramolecular Hbond substituents is 1. The van der Waals surface area contributed by atoms with E-state index in [2.05, 4.69) is 10.5 Å². The number of nitrogens with zero attached hydrogens (tertiary/aromatic N) is 1. The Morgan fingerprint density at radius 3 is 2.59 bits per heavy atom. The highest BCUT2D eigenvalue weighted by Crippen LogP contribution is 2.31. The number of rotatable bonds is 4. The Morgan fingerprint density at radius 1 is 1.27 bits per heavy atom. The molecule has 0 radical (unpaired) electrons. The number of methoxy groups -OCH3 is 1. The lowest BCUT2D eigenvalue weighted by Crippen LogP contribution is -2.17. The minimum atomic E-state index is -0.414. The minimum Gasteiger partial charge on any atom is -0.508 e. The van der Waals surface area contributed by atoms with E-state index in [1.165, 1.54) is 37.6 Å². The van der Waals surface area contributed by atoms with E-state index in [0.29, 0.717) is 26.9 Å². The van der Waals surface area contributed by atoms with Crippen molar-refractivity contribution < 1.29 is 14.6 Å². The zero-order chi connectivity index (χ0) is 16.1. The van der Waals surface area contributed by atoms with Crippen molar-refractivity contribution in [3.63, 3.8) is 0 Å². The standard InChI is InChI=1S/C15H12Cl2N2O3/c1-22-14-10(6-11(16)7-13(14)17)8-18-19-15(21)9-2-4-12(20)5-3-9/h2-8,20H,1H3,(H,19,21). The van der Waals surface area contributed by atoms with Gasteiger partial charge in [-0.1, -0.05) is 23.2 Å². The van der Waals surface area contributed by atoms with Crippen molar-refractivity contribution in [3.8, 4) is 11.5 Å². The molecule has 2 aromatic carbocycles. The van der Waals surface area contributed by atoms with Gasteiger partial charge in [0.2, 0.25) is 0 Å². The third-order valence-electron chi connectivity index (χ3n) is 2.74. The first-order chi connectivity index (χ1) is 10.5. The minimum absolute atomic E-state index is 0.0818. The number of carbonyl (C=O) groups is 1. The molecule has 0 bridgehead atoms. The molecule has 1 amide bonds. The van der Waals surface area contributed by atoms with Gasteiger partial charge in [-0.15, -0.1) is 0 Å². The fraction of sp³-hybridized carbons (Fsp3) is 0.0667. The van der Waals surface area contributed by atoms with E-state index in [1.807, 2.05) is 0 Å². The second-order valence-corrected chi connectivity index (χ2v) is 5.10. The molecule has 0 fully saturated rings. The summed E-state index contributed by atoms with van der Waals surface area (Å²) < 4.78 is 5.16. The highest BCUT2D eigenvalue weighted by molar-refractivity contribution is 6.36. The average Bonchev–Trinajstić information content (AvgIpc) is 2.47. The van der Waals surface area contributed by atoms with Gasteiger partial charge < -0.3 is 9.84 Å². The number of hydrogen-bond acceptors (Lipinski definition) is 4. The van der Waals surface area contributed by atoms with Crippen molar-refractivity contribution in [2.75, 3.05) is 7.11 Å². The maximum absolute atomic E-state index is 11.8. The SMILES string of the molecule is COc1c(Cl)cc(Cl)cc1C=NNC(=O)c1ccc(O)cc1. The normalized spacial score (nSPS) is 10.7. The Balaban J connectivity index is 2.12. The molecule has 0 atom stereocenters. The number of phenols is 1. The molecule has 2 rings (SSSR count). The van der Waals surface area contributed by atoms with Gasteiger partial charge in [0.1, 0.15) is 11.5 Å². The summed E-state index contributed by atoms with van der Waals surface area (Å²) in [6.07, 6.45) is 1.38.